The molecular weight excluding hydrogens is 365 g/mol. The zero-order valence-electron chi connectivity index (χ0n) is 14.5. The normalized spacial score (nSPS) is 15.1. The number of carbonyl (C=O) groups excluding carboxylic acids is 1. The molecule has 6 nitrogen and oxygen atoms in total. The van der Waals surface area contributed by atoms with Gasteiger partial charge in [-0.25, -0.2) is 4.39 Å². The first-order valence-electron chi connectivity index (χ1n) is 8.77. The second-order valence-corrected chi connectivity index (χ2v) is 7.37. The number of hydrogen-bond donors (Lipinski definition) is 0. The first-order chi connectivity index (χ1) is 13.2. The Labute approximate surface area is 160 Å². The van der Waals surface area contributed by atoms with Crippen molar-refractivity contribution in [3.63, 3.8) is 0 Å². The predicted molar refractivity (Wildman–Crippen MR) is 100.0 cm³/mol. The van der Waals surface area contributed by atoms with E-state index < -0.39 is 5.25 Å². The van der Waals surface area contributed by atoms with Gasteiger partial charge in [0.2, 0.25) is 11.1 Å². The average Bonchev–Trinajstić information content (AvgIpc) is 3.38. The molecule has 0 aliphatic carbocycles. The molecule has 0 saturated carbocycles. The van der Waals surface area contributed by atoms with Crippen molar-refractivity contribution in [2.45, 2.75) is 23.2 Å². The van der Waals surface area contributed by atoms with Crippen LogP contribution in [-0.4, -0.2) is 44.1 Å². The van der Waals surface area contributed by atoms with Crippen LogP contribution in [0.1, 0.15) is 23.7 Å². The molecule has 1 atom stereocenters. The van der Waals surface area contributed by atoms with E-state index in [9.17, 15) is 9.18 Å². The van der Waals surface area contributed by atoms with Crippen LogP contribution in [0.2, 0.25) is 0 Å². The Balaban J connectivity index is 1.67. The molecule has 1 unspecified atom stereocenters. The standard InChI is InChI=1S/C19H18FN5OS/c20-15-9-6-10-16(13-15)25-19(21-22-23-25)27-17(14-7-2-1-3-8-14)18(26)24-11-4-5-12-24/h1-3,6-10,13,17H,4-5,11-12H2. The Morgan fingerprint density at radius 1 is 1.07 bits per heavy atom. The minimum atomic E-state index is -0.456. The molecule has 1 fully saturated rings. The summed E-state index contributed by atoms with van der Waals surface area (Å²) in [4.78, 5) is 15.0. The maximum Gasteiger partial charge on any atom is 0.240 e. The molecular formula is C19H18FN5OS. The van der Waals surface area contributed by atoms with Crippen LogP contribution in [0, 0.1) is 5.82 Å². The average molecular weight is 383 g/mol. The van der Waals surface area contributed by atoms with Crippen molar-refractivity contribution in [1.29, 1.82) is 0 Å². The van der Waals surface area contributed by atoms with E-state index in [4.69, 9.17) is 0 Å². The van der Waals surface area contributed by atoms with Crippen LogP contribution in [0.3, 0.4) is 0 Å². The summed E-state index contributed by atoms with van der Waals surface area (Å²) in [5, 5.41) is 11.8. The topological polar surface area (TPSA) is 63.9 Å². The highest BCUT2D eigenvalue weighted by molar-refractivity contribution is 8.00. The molecule has 2 aromatic carbocycles. The quantitative estimate of drug-likeness (QED) is 0.633. The molecule has 0 N–H and O–H groups in total. The van der Waals surface area contributed by atoms with Crippen molar-refractivity contribution in [3.05, 3.63) is 66.0 Å². The lowest BCUT2D eigenvalue weighted by Gasteiger charge is -2.22. The predicted octanol–water partition coefficient (Wildman–Crippen LogP) is 3.26. The fourth-order valence-corrected chi connectivity index (χ4v) is 4.20. The molecule has 1 aliphatic heterocycles. The van der Waals surface area contributed by atoms with Crippen molar-refractivity contribution in [1.82, 2.24) is 25.1 Å². The van der Waals surface area contributed by atoms with Crippen LogP contribution >= 0.6 is 11.8 Å². The van der Waals surface area contributed by atoms with E-state index in [1.54, 1.807) is 12.1 Å². The van der Waals surface area contributed by atoms with Crippen LogP contribution in [-0.2, 0) is 4.79 Å². The van der Waals surface area contributed by atoms with E-state index in [1.165, 1.54) is 28.6 Å². The monoisotopic (exact) mass is 383 g/mol. The Kier molecular flexibility index (Phi) is 5.15. The summed E-state index contributed by atoms with van der Waals surface area (Å²) in [6, 6.07) is 15.7. The van der Waals surface area contributed by atoms with E-state index in [1.807, 2.05) is 35.2 Å². The highest BCUT2D eigenvalue weighted by atomic mass is 32.2. The van der Waals surface area contributed by atoms with Crippen molar-refractivity contribution in [3.8, 4) is 5.69 Å². The number of rotatable bonds is 5. The van der Waals surface area contributed by atoms with E-state index in [0.717, 1.165) is 31.5 Å². The van der Waals surface area contributed by atoms with Gasteiger partial charge in [0, 0.05) is 13.1 Å². The second-order valence-electron chi connectivity index (χ2n) is 6.29. The molecule has 3 aromatic rings. The van der Waals surface area contributed by atoms with Gasteiger partial charge in [-0.1, -0.05) is 48.2 Å². The number of hydrogen-bond acceptors (Lipinski definition) is 5. The molecule has 1 aromatic heterocycles. The maximum atomic E-state index is 13.6. The van der Waals surface area contributed by atoms with E-state index in [-0.39, 0.29) is 11.7 Å². The smallest absolute Gasteiger partial charge is 0.240 e. The summed E-state index contributed by atoms with van der Waals surface area (Å²) >= 11 is 1.28. The zero-order chi connectivity index (χ0) is 18.6. The molecule has 8 heteroatoms. The van der Waals surface area contributed by atoms with Crippen LogP contribution < -0.4 is 0 Å². The number of likely N-dealkylation sites (tertiary alicyclic amines) is 1. The number of carbonyl (C=O) groups is 1. The summed E-state index contributed by atoms with van der Waals surface area (Å²) < 4.78 is 15.1. The van der Waals surface area contributed by atoms with E-state index >= 15 is 0 Å². The van der Waals surface area contributed by atoms with E-state index in [2.05, 4.69) is 15.5 Å². The number of tetrazole rings is 1. The summed E-state index contributed by atoms with van der Waals surface area (Å²) in [5.74, 6) is -0.316. The first kappa shape index (κ1) is 17.7. The largest absolute Gasteiger partial charge is 0.341 e. The molecule has 0 spiro atoms. The zero-order valence-corrected chi connectivity index (χ0v) is 15.3. The van der Waals surface area contributed by atoms with Gasteiger partial charge in [0.05, 0.1) is 5.69 Å². The molecule has 138 valence electrons. The number of amides is 1. The number of halogens is 1. The van der Waals surface area contributed by atoms with Gasteiger partial charge in [0.1, 0.15) is 11.1 Å². The Hall–Kier alpha value is -2.74. The van der Waals surface area contributed by atoms with Crippen molar-refractivity contribution in [2.24, 2.45) is 0 Å². The van der Waals surface area contributed by atoms with Gasteiger partial charge in [0.15, 0.2) is 0 Å². The van der Waals surface area contributed by atoms with Crippen LogP contribution in [0.5, 0.6) is 0 Å². The molecule has 2 heterocycles. The van der Waals surface area contributed by atoms with Gasteiger partial charge in [-0.2, -0.15) is 4.68 Å². The lowest BCUT2D eigenvalue weighted by atomic mass is 10.1. The number of benzene rings is 2. The summed E-state index contributed by atoms with van der Waals surface area (Å²) in [7, 11) is 0. The van der Waals surface area contributed by atoms with Crippen LogP contribution in [0.15, 0.2) is 59.8 Å². The van der Waals surface area contributed by atoms with Crippen LogP contribution in [0.25, 0.3) is 5.69 Å². The van der Waals surface area contributed by atoms with Gasteiger partial charge in [0.25, 0.3) is 0 Å². The molecule has 27 heavy (non-hydrogen) atoms. The third kappa shape index (κ3) is 3.85. The second kappa shape index (κ2) is 7.87. The summed E-state index contributed by atoms with van der Waals surface area (Å²) in [6.45, 7) is 1.55. The molecule has 1 saturated heterocycles. The van der Waals surface area contributed by atoms with Crippen molar-refractivity contribution >= 4 is 17.7 Å². The maximum absolute atomic E-state index is 13.6. The van der Waals surface area contributed by atoms with Gasteiger partial charge >= 0.3 is 0 Å². The minimum Gasteiger partial charge on any atom is -0.341 e. The lowest BCUT2D eigenvalue weighted by molar-refractivity contribution is -0.129. The highest BCUT2D eigenvalue weighted by Crippen LogP contribution is 2.36. The Bertz CT molecular complexity index is 927. The number of aromatic nitrogens is 4. The Morgan fingerprint density at radius 2 is 1.85 bits per heavy atom. The molecule has 1 aliphatic rings. The highest BCUT2D eigenvalue weighted by Gasteiger charge is 2.30. The SMILES string of the molecule is O=C(C(Sc1nnnn1-c1cccc(F)c1)c1ccccc1)N1CCCC1. The third-order valence-corrected chi connectivity index (χ3v) is 5.64. The first-order valence-corrected chi connectivity index (χ1v) is 9.65. The lowest BCUT2D eigenvalue weighted by Crippen LogP contribution is -2.31. The minimum absolute atomic E-state index is 0.0532. The third-order valence-electron chi connectivity index (χ3n) is 4.46. The molecule has 0 bridgehead atoms. The van der Waals surface area contributed by atoms with Gasteiger partial charge in [-0.3, -0.25) is 4.79 Å². The van der Waals surface area contributed by atoms with Gasteiger partial charge in [-0.05, 0) is 47.0 Å². The number of nitrogens with zero attached hydrogens (tertiary/aromatic N) is 5. The Morgan fingerprint density at radius 3 is 2.59 bits per heavy atom. The summed E-state index contributed by atoms with van der Waals surface area (Å²) in [5.41, 5.74) is 1.41. The summed E-state index contributed by atoms with van der Waals surface area (Å²) in [6.07, 6.45) is 2.05. The van der Waals surface area contributed by atoms with Crippen molar-refractivity contribution < 1.29 is 9.18 Å². The van der Waals surface area contributed by atoms with Gasteiger partial charge < -0.3 is 4.90 Å². The molecule has 0 radical (unpaired) electrons. The fourth-order valence-electron chi connectivity index (χ4n) is 3.12. The number of thioether (sulfide) groups is 1. The van der Waals surface area contributed by atoms with Gasteiger partial charge in [-0.15, -0.1) is 5.10 Å². The molecule has 4 rings (SSSR count). The molecule has 1 amide bonds. The van der Waals surface area contributed by atoms with E-state index in [0.29, 0.717) is 10.8 Å². The van der Waals surface area contributed by atoms with Crippen molar-refractivity contribution in [2.75, 3.05) is 13.1 Å². The van der Waals surface area contributed by atoms with Crippen LogP contribution in [0.4, 0.5) is 4.39 Å². The fraction of sp³-hybridized carbons (Fsp3) is 0.263.